The van der Waals surface area contributed by atoms with Gasteiger partial charge in [-0.25, -0.2) is 0 Å². The van der Waals surface area contributed by atoms with Crippen molar-refractivity contribution in [1.82, 2.24) is 0 Å². The lowest BCUT2D eigenvalue weighted by atomic mass is 9.68. The lowest BCUT2D eigenvalue weighted by molar-refractivity contribution is 0.00846. The summed E-state index contributed by atoms with van der Waals surface area (Å²) in [6, 6.07) is 8.82. The molecular weight excluding hydrogens is 380 g/mol. The number of aliphatic hydroxyl groups is 2. The van der Waals surface area contributed by atoms with Crippen molar-refractivity contribution in [3.05, 3.63) is 35.4 Å². The fraction of sp³-hybridized carbons (Fsp3) is 0.793. The van der Waals surface area contributed by atoms with Crippen LogP contribution in [0, 0.1) is 29.1 Å². The molecule has 0 aliphatic heterocycles. The first-order chi connectivity index (χ1) is 14.9. The third-order valence-corrected chi connectivity index (χ3v) is 8.75. The molecule has 0 amide bonds. The number of hydrogen-bond donors (Lipinski definition) is 2. The smallest absolute Gasteiger partial charge is 0.0653 e. The summed E-state index contributed by atoms with van der Waals surface area (Å²) in [5, 5.41) is 19.8. The zero-order chi connectivity index (χ0) is 22.3. The third kappa shape index (κ3) is 7.32. The molecule has 0 bridgehead atoms. The van der Waals surface area contributed by atoms with Crippen molar-refractivity contribution in [2.24, 2.45) is 29.1 Å². The number of aryl methyl sites for hydroxylation is 1. The lowest BCUT2D eigenvalue weighted by Crippen LogP contribution is -2.34. The highest BCUT2D eigenvalue weighted by atomic mass is 16.3. The van der Waals surface area contributed by atoms with Gasteiger partial charge in [-0.05, 0) is 79.7 Å². The Bertz CT molecular complexity index is 619. The average Bonchev–Trinajstić information content (AvgIpc) is 2.79. The van der Waals surface area contributed by atoms with Crippen LogP contribution in [0.3, 0.4) is 0 Å². The number of benzene rings is 1. The first kappa shape index (κ1) is 24.8. The largest absolute Gasteiger partial charge is 0.396 e. The van der Waals surface area contributed by atoms with Crippen molar-refractivity contribution in [3.8, 4) is 0 Å². The van der Waals surface area contributed by atoms with Gasteiger partial charge >= 0.3 is 0 Å². The van der Waals surface area contributed by atoms with Gasteiger partial charge in [0, 0.05) is 5.41 Å². The maximum Gasteiger partial charge on any atom is 0.0653 e. The Morgan fingerprint density at radius 2 is 1.29 bits per heavy atom. The summed E-state index contributed by atoms with van der Waals surface area (Å²) < 4.78 is 0. The summed E-state index contributed by atoms with van der Waals surface area (Å²) in [5.41, 5.74) is 2.13. The van der Waals surface area contributed by atoms with E-state index in [0.717, 1.165) is 29.2 Å². The van der Waals surface area contributed by atoms with Crippen LogP contribution in [-0.4, -0.2) is 22.9 Å². The van der Waals surface area contributed by atoms with Crippen LogP contribution in [0.5, 0.6) is 0 Å². The second kappa shape index (κ2) is 11.8. The first-order valence-corrected chi connectivity index (χ1v) is 13.3. The summed E-state index contributed by atoms with van der Waals surface area (Å²) in [6.07, 6.45) is 17.3. The van der Waals surface area contributed by atoms with Crippen molar-refractivity contribution >= 4 is 0 Å². The molecule has 1 aromatic carbocycles. The minimum absolute atomic E-state index is 0.00855. The topological polar surface area (TPSA) is 40.5 Å². The van der Waals surface area contributed by atoms with Crippen LogP contribution >= 0.6 is 0 Å². The molecular formula is C29H48O2. The van der Waals surface area contributed by atoms with Crippen molar-refractivity contribution in [1.29, 1.82) is 0 Å². The fourth-order valence-corrected chi connectivity index (χ4v) is 6.12. The fourth-order valence-electron chi connectivity index (χ4n) is 6.12. The van der Waals surface area contributed by atoms with Gasteiger partial charge < -0.3 is 10.2 Å². The van der Waals surface area contributed by atoms with E-state index in [-0.39, 0.29) is 6.61 Å². The van der Waals surface area contributed by atoms with E-state index in [9.17, 15) is 10.2 Å². The molecule has 2 N–H and O–H groups in total. The molecule has 2 aliphatic rings. The van der Waals surface area contributed by atoms with E-state index < -0.39 is 11.5 Å². The minimum Gasteiger partial charge on any atom is -0.396 e. The van der Waals surface area contributed by atoms with E-state index in [0.29, 0.717) is 6.42 Å². The first-order valence-electron chi connectivity index (χ1n) is 13.3. The molecule has 1 aromatic rings. The van der Waals surface area contributed by atoms with Gasteiger partial charge in [0.2, 0.25) is 0 Å². The maximum absolute atomic E-state index is 10.4. The van der Waals surface area contributed by atoms with Gasteiger partial charge in [-0.3, -0.25) is 0 Å². The predicted octanol–water partition coefficient (Wildman–Crippen LogP) is 6.95. The summed E-state index contributed by atoms with van der Waals surface area (Å²) in [7, 11) is 0. The number of rotatable bonds is 10. The van der Waals surface area contributed by atoms with Crippen LogP contribution in [0.2, 0.25) is 0 Å². The van der Waals surface area contributed by atoms with Crippen molar-refractivity contribution < 1.29 is 10.2 Å². The van der Waals surface area contributed by atoms with Gasteiger partial charge in [0.25, 0.3) is 0 Å². The van der Waals surface area contributed by atoms with Gasteiger partial charge in [0.05, 0.1) is 12.7 Å². The van der Waals surface area contributed by atoms with Crippen molar-refractivity contribution in [2.45, 2.75) is 110 Å². The molecule has 2 saturated carbocycles. The molecule has 0 radical (unpaired) electrons. The van der Waals surface area contributed by atoms with Crippen molar-refractivity contribution in [3.63, 3.8) is 0 Å². The van der Waals surface area contributed by atoms with E-state index >= 15 is 0 Å². The summed E-state index contributed by atoms with van der Waals surface area (Å²) in [6.45, 7) is 6.18. The molecule has 2 heteroatoms. The van der Waals surface area contributed by atoms with Crippen LogP contribution in [0.25, 0.3) is 0 Å². The van der Waals surface area contributed by atoms with Crippen LogP contribution in [0.4, 0.5) is 0 Å². The van der Waals surface area contributed by atoms with Gasteiger partial charge in [-0.1, -0.05) is 83.6 Å². The summed E-state index contributed by atoms with van der Waals surface area (Å²) >= 11 is 0. The van der Waals surface area contributed by atoms with Gasteiger partial charge in [-0.2, -0.15) is 0 Å². The molecule has 0 heterocycles. The Morgan fingerprint density at radius 1 is 0.806 bits per heavy atom. The van der Waals surface area contributed by atoms with Crippen LogP contribution in [0.1, 0.15) is 103 Å². The SMILES string of the molecule is CCCC1CCC(C2CCC(CCc3ccc(CC(O)C(C)(C)CO)cc3)CC2)CC1. The van der Waals surface area contributed by atoms with Gasteiger partial charge in [-0.15, -0.1) is 0 Å². The zero-order valence-corrected chi connectivity index (χ0v) is 20.5. The molecule has 3 rings (SSSR count). The predicted molar refractivity (Wildman–Crippen MR) is 131 cm³/mol. The Hall–Kier alpha value is -0.860. The number of aliphatic hydroxyl groups excluding tert-OH is 2. The van der Waals surface area contributed by atoms with Gasteiger partial charge in [0.1, 0.15) is 0 Å². The maximum atomic E-state index is 10.4. The molecule has 0 spiro atoms. The van der Waals surface area contributed by atoms with Crippen LogP contribution < -0.4 is 0 Å². The normalized spacial score (nSPS) is 28.4. The van der Waals surface area contributed by atoms with E-state index in [1.54, 1.807) is 0 Å². The highest BCUT2D eigenvalue weighted by Gasteiger charge is 2.30. The summed E-state index contributed by atoms with van der Waals surface area (Å²) in [4.78, 5) is 0. The lowest BCUT2D eigenvalue weighted by Gasteiger charge is -2.38. The van der Waals surface area contributed by atoms with E-state index in [2.05, 4.69) is 31.2 Å². The molecule has 0 aromatic heterocycles. The second-order valence-corrected chi connectivity index (χ2v) is 11.6. The van der Waals surface area contributed by atoms with E-state index in [1.165, 1.54) is 82.6 Å². The minimum atomic E-state index is -0.514. The molecule has 1 atom stereocenters. The molecule has 2 nitrogen and oxygen atoms in total. The molecule has 31 heavy (non-hydrogen) atoms. The van der Waals surface area contributed by atoms with Crippen molar-refractivity contribution in [2.75, 3.05) is 6.61 Å². The molecule has 2 fully saturated rings. The zero-order valence-electron chi connectivity index (χ0n) is 20.5. The molecule has 0 saturated heterocycles. The third-order valence-electron chi connectivity index (χ3n) is 8.75. The Kier molecular flexibility index (Phi) is 9.47. The van der Waals surface area contributed by atoms with Gasteiger partial charge in [0.15, 0.2) is 0 Å². The van der Waals surface area contributed by atoms with E-state index in [1.807, 2.05) is 13.8 Å². The Labute approximate surface area is 191 Å². The highest BCUT2D eigenvalue weighted by molar-refractivity contribution is 5.23. The number of hydrogen-bond acceptors (Lipinski definition) is 2. The Morgan fingerprint density at radius 3 is 1.77 bits per heavy atom. The standard InChI is InChI=1S/C29H48O2/c1-4-5-22-12-16-26(17-13-22)27-18-14-24(15-19-27)7-6-23-8-10-25(11-9-23)20-28(31)29(2,3)21-30/h8-11,22,24,26-28,30-31H,4-7,12-21H2,1-3H3. The molecule has 176 valence electrons. The quantitative estimate of drug-likeness (QED) is 0.423. The summed E-state index contributed by atoms with van der Waals surface area (Å²) in [5.74, 6) is 4.01. The monoisotopic (exact) mass is 428 g/mol. The van der Waals surface area contributed by atoms with E-state index in [4.69, 9.17) is 0 Å². The molecule has 2 aliphatic carbocycles. The highest BCUT2D eigenvalue weighted by Crippen LogP contribution is 2.43. The Balaban J connectivity index is 1.36. The average molecular weight is 429 g/mol. The van der Waals surface area contributed by atoms with Crippen LogP contribution in [0.15, 0.2) is 24.3 Å². The second-order valence-electron chi connectivity index (χ2n) is 11.6. The molecule has 1 unspecified atom stereocenters. The van der Waals surface area contributed by atoms with Crippen LogP contribution in [-0.2, 0) is 12.8 Å².